The van der Waals surface area contributed by atoms with Gasteiger partial charge in [-0.1, -0.05) is 35.0 Å². The Balaban J connectivity index is 2.16. The molecular formula is C15H22BrN. The maximum atomic E-state index is 3.66. The van der Waals surface area contributed by atoms with Crippen LogP contribution in [0, 0.1) is 5.92 Å². The molecule has 0 aliphatic heterocycles. The first kappa shape index (κ1) is 13.1. The quantitative estimate of drug-likeness (QED) is 0.885. The predicted octanol–water partition coefficient (Wildman–Crippen LogP) is 4.11. The van der Waals surface area contributed by atoms with E-state index in [-0.39, 0.29) is 5.54 Å². The third kappa shape index (κ3) is 2.92. The zero-order valence-corrected chi connectivity index (χ0v) is 12.8. The summed E-state index contributed by atoms with van der Waals surface area (Å²) in [7, 11) is 0. The molecule has 1 aromatic carbocycles. The summed E-state index contributed by atoms with van der Waals surface area (Å²) in [5.41, 5.74) is 2.02. The molecule has 1 aliphatic carbocycles. The summed E-state index contributed by atoms with van der Waals surface area (Å²) >= 11 is 3.57. The maximum Gasteiger partial charge on any atom is 0.0178 e. The molecule has 1 nitrogen and oxygen atoms in total. The molecule has 2 atom stereocenters. The molecule has 2 unspecified atom stereocenters. The standard InChI is InChI=1S/C15H22BrN/c1-11-9-15(11,10-17-14(2,3)4)12-6-5-7-13(16)8-12/h5-8,11,17H,9-10H2,1-4H3. The van der Waals surface area contributed by atoms with E-state index in [1.165, 1.54) is 16.5 Å². The van der Waals surface area contributed by atoms with Crippen LogP contribution in [0.3, 0.4) is 0 Å². The van der Waals surface area contributed by atoms with Crippen LogP contribution in [0.15, 0.2) is 28.7 Å². The number of benzene rings is 1. The fraction of sp³-hybridized carbons (Fsp3) is 0.600. The predicted molar refractivity (Wildman–Crippen MR) is 77.4 cm³/mol. The van der Waals surface area contributed by atoms with Crippen LogP contribution in [-0.2, 0) is 5.41 Å². The first-order valence-corrected chi connectivity index (χ1v) is 7.14. The first-order chi connectivity index (χ1) is 7.83. The molecule has 0 spiro atoms. The van der Waals surface area contributed by atoms with E-state index in [4.69, 9.17) is 0 Å². The molecule has 1 saturated carbocycles. The van der Waals surface area contributed by atoms with E-state index >= 15 is 0 Å². The summed E-state index contributed by atoms with van der Waals surface area (Å²) in [5, 5.41) is 3.66. The van der Waals surface area contributed by atoms with Crippen molar-refractivity contribution in [3.8, 4) is 0 Å². The number of rotatable bonds is 3. The van der Waals surface area contributed by atoms with Crippen molar-refractivity contribution >= 4 is 15.9 Å². The second kappa shape index (κ2) is 4.40. The zero-order chi connectivity index (χ0) is 12.7. The van der Waals surface area contributed by atoms with Crippen molar-refractivity contribution in [1.29, 1.82) is 0 Å². The molecule has 94 valence electrons. The van der Waals surface area contributed by atoms with Crippen LogP contribution in [0.1, 0.15) is 39.7 Å². The minimum atomic E-state index is 0.196. The van der Waals surface area contributed by atoms with Gasteiger partial charge in [-0.05, 0) is 50.8 Å². The molecule has 0 aromatic heterocycles. The Morgan fingerprint density at radius 2 is 2.06 bits per heavy atom. The summed E-state index contributed by atoms with van der Waals surface area (Å²) in [5.74, 6) is 0.784. The SMILES string of the molecule is CC1CC1(CNC(C)(C)C)c1cccc(Br)c1. The second-order valence-corrected chi connectivity index (χ2v) is 7.29. The minimum Gasteiger partial charge on any atom is -0.311 e. The third-order valence-corrected chi connectivity index (χ3v) is 4.28. The smallest absolute Gasteiger partial charge is 0.0178 e. The van der Waals surface area contributed by atoms with Crippen molar-refractivity contribution in [3.63, 3.8) is 0 Å². The second-order valence-electron chi connectivity index (χ2n) is 6.38. The van der Waals surface area contributed by atoms with Gasteiger partial charge in [-0.25, -0.2) is 0 Å². The fourth-order valence-corrected chi connectivity index (χ4v) is 2.86. The van der Waals surface area contributed by atoms with Gasteiger partial charge in [0.1, 0.15) is 0 Å². The number of hydrogen-bond acceptors (Lipinski definition) is 1. The van der Waals surface area contributed by atoms with Crippen LogP contribution < -0.4 is 5.32 Å². The van der Waals surface area contributed by atoms with Gasteiger partial charge in [0.2, 0.25) is 0 Å². The first-order valence-electron chi connectivity index (χ1n) is 6.35. The highest BCUT2D eigenvalue weighted by Gasteiger charge is 2.52. The summed E-state index contributed by atoms with van der Waals surface area (Å²) in [6.45, 7) is 10.1. The van der Waals surface area contributed by atoms with Crippen molar-refractivity contribution in [1.82, 2.24) is 5.32 Å². The zero-order valence-electron chi connectivity index (χ0n) is 11.2. The topological polar surface area (TPSA) is 12.0 Å². The van der Waals surface area contributed by atoms with Gasteiger partial charge < -0.3 is 5.32 Å². The van der Waals surface area contributed by atoms with Crippen LogP contribution in [0.5, 0.6) is 0 Å². The molecule has 1 N–H and O–H groups in total. The van der Waals surface area contributed by atoms with E-state index in [2.05, 4.69) is 73.2 Å². The van der Waals surface area contributed by atoms with Crippen molar-refractivity contribution in [2.24, 2.45) is 5.92 Å². The lowest BCUT2D eigenvalue weighted by atomic mass is 9.92. The van der Waals surface area contributed by atoms with Crippen LogP contribution in [-0.4, -0.2) is 12.1 Å². The Hall–Kier alpha value is -0.340. The largest absolute Gasteiger partial charge is 0.311 e. The molecule has 1 aliphatic rings. The molecule has 2 heteroatoms. The van der Waals surface area contributed by atoms with E-state index in [0.29, 0.717) is 5.41 Å². The van der Waals surface area contributed by atoms with Gasteiger partial charge in [-0.15, -0.1) is 0 Å². The van der Waals surface area contributed by atoms with Crippen molar-refractivity contribution in [2.45, 2.75) is 45.1 Å². The molecule has 0 saturated heterocycles. The third-order valence-electron chi connectivity index (χ3n) is 3.79. The Labute approximate surface area is 113 Å². The van der Waals surface area contributed by atoms with Gasteiger partial charge >= 0.3 is 0 Å². The highest BCUT2D eigenvalue weighted by Crippen LogP contribution is 2.54. The van der Waals surface area contributed by atoms with Crippen LogP contribution in [0.4, 0.5) is 0 Å². The number of hydrogen-bond donors (Lipinski definition) is 1. The normalized spacial score (nSPS) is 28.2. The minimum absolute atomic E-state index is 0.196. The molecular weight excluding hydrogens is 274 g/mol. The lowest BCUT2D eigenvalue weighted by molar-refractivity contribution is 0.392. The fourth-order valence-electron chi connectivity index (χ4n) is 2.46. The average molecular weight is 296 g/mol. The summed E-state index contributed by atoms with van der Waals surface area (Å²) in [4.78, 5) is 0. The number of halogens is 1. The Morgan fingerprint density at radius 1 is 1.41 bits per heavy atom. The van der Waals surface area contributed by atoms with Gasteiger partial charge in [0.25, 0.3) is 0 Å². The van der Waals surface area contributed by atoms with Gasteiger partial charge in [0.15, 0.2) is 0 Å². The summed E-state index contributed by atoms with van der Waals surface area (Å²) < 4.78 is 1.18. The Kier molecular flexibility index (Phi) is 3.39. The monoisotopic (exact) mass is 295 g/mol. The van der Waals surface area contributed by atoms with E-state index < -0.39 is 0 Å². The molecule has 1 fully saturated rings. The Bertz CT molecular complexity index is 408. The molecule has 2 rings (SSSR count). The maximum absolute atomic E-state index is 3.66. The highest BCUT2D eigenvalue weighted by molar-refractivity contribution is 9.10. The van der Waals surface area contributed by atoms with E-state index in [1.54, 1.807) is 0 Å². The van der Waals surface area contributed by atoms with Crippen molar-refractivity contribution in [3.05, 3.63) is 34.3 Å². The molecule has 0 amide bonds. The van der Waals surface area contributed by atoms with Crippen LogP contribution >= 0.6 is 15.9 Å². The van der Waals surface area contributed by atoms with Crippen molar-refractivity contribution in [2.75, 3.05) is 6.54 Å². The Morgan fingerprint density at radius 3 is 2.53 bits per heavy atom. The van der Waals surface area contributed by atoms with Gasteiger partial charge in [0, 0.05) is 22.0 Å². The van der Waals surface area contributed by atoms with Gasteiger partial charge in [0.05, 0.1) is 0 Å². The van der Waals surface area contributed by atoms with E-state index in [1.807, 2.05) is 0 Å². The molecule has 0 heterocycles. The van der Waals surface area contributed by atoms with Crippen LogP contribution in [0.2, 0.25) is 0 Å². The number of nitrogens with one attached hydrogen (secondary N) is 1. The van der Waals surface area contributed by atoms with Gasteiger partial charge in [-0.3, -0.25) is 0 Å². The molecule has 0 bridgehead atoms. The average Bonchev–Trinajstić information content (AvgIpc) is 2.87. The lowest BCUT2D eigenvalue weighted by Crippen LogP contribution is -2.41. The summed E-state index contributed by atoms with van der Waals surface area (Å²) in [6.07, 6.45) is 1.30. The van der Waals surface area contributed by atoms with Crippen LogP contribution in [0.25, 0.3) is 0 Å². The lowest BCUT2D eigenvalue weighted by Gasteiger charge is -2.26. The van der Waals surface area contributed by atoms with E-state index in [0.717, 1.165) is 12.5 Å². The molecule has 0 radical (unpaired) electrons. The highest BCUT2D eigenvalue weighted by atomic mass is 79.9. The van der Waals surface area contributed by atoms with Gasteiger partial charge in [-0.2, -0.15) is 0 Å². The molecule has 17 heavy (non-hydrogen) atoms. The summed E-state index contributed by atoms with van der Waals surface area (Å²) in [6, 6.07) is 8.77. The van der Waals surface area contributed by atoms with Crippen molar-refractivity contribution < 1.29 is 0 Å². The van der Waals surface area contributed by atoms with E-state index in [9.17, 15) is 0 Å². The molecule has 1 aromatic rings.